The van der Waals surface area contributed by atoms with Crippen molar-refractivity contribution in [1.82, 2.24) is 5.32 Å². The van der Waals surface area contributed by atoms with Crippen molar-refractivity contribution in [3.05, 3.63) is 21.4 Å². The van der Waals surface area contributed by atoms with Gasteiger partial charge in [0.25, 0.3) is 0 Å². The molecule has 1 aromatic rings. The first-order valence-electron chi connectivity index (χ1n) is 8.01. The van der Waals surface area contributed by atoms with E-state index in [1.165, 1.54) is 41.0 Å². The molecule has 1 spiro atoms. The van der Waals surface area contributed by atoms with Crippen LogP contribution in [0.4, 0.5) is 0 Å². The largest absolute Gasteiger partial charge is 0.378 e. The highest BCUT2D eigenvalue weighted by atomic mass is 32.1. The van der Waals surface area contributed by atoms with Crippen molar-refractivity contribution >= 4 is 11.3 Å². The van der Waals surface area contributed by atoms with Gasteiger partial charge < -0.3 is 10.1 Å². The average Bonchev–Trinajstić information content (AvgIpc) is 2.64. The summed E-state index contributed by atoms with van der Waals surface area (Å²) < 4.78 is 5.94. The molecule has 3 unspecified atom stereocenters. The van der Waals surface area contributed by atoms with Crippen molar-refractivity contribution in [2.75, 3.05) is 6.61 Å². The van der Waals surface area contributed by atoms with Crippen LogP contribution in [0.25, 0.3) is 0 Å². The second kappa shape index (κ2) is 5.43. The Hall–Kier alpha value is -0.380. The van der Waals surface area contributed by atoms with Crippen LogP contribution in [0.1, 0.15) is 60.9 Å². The van der Waals surface area contributed by atoms with Gasteiger partial charge in [-0.25, -0.2) is 0 Å². The third kappa shape index (κ3) is 2.24. The van der Waals surface area contributed by atoms with Crippen LogP contribution >= 0.6 is 11.3 Å². The van der Waals surface area contributed by atoms with Crippen molar-refractivity contribution in [2.45, 2.75) is 71.6 Å². The molecule has 0 saturated heterocycles. The highest BCUT2D eigenvalue weighted by molar-refractivity contribution is 7.12. The summed E-state index contributed by atoms with van der Waals surface area (Å²) in [6.45, 7) is 9.74. The molecule has 3 atom stereocenters. The molecule has 0 bridgehead atoms. The molecule has 3 heteroatoms. The predicted octanol–water partition coefficient (Wildman–Crippen LogP) is 4.36. The monoisotopic (exact) mass is 293 g/mol. The number of hydrogen-bond donors (Lipinski definition) is 1. The lowest BCUT2D eigenvalue weighted by Crippen LogP contribution is -2.67. The van der Waals surface area contributed by atoms with Gasteiger partial charge in [0.2, 0.25) is 0 Å². The van der Waals surface area contributed by atoms with E-state index >= 15 is 0 Å². The molecule has 2 fully saturated rings. The van der Waals surface area contributed by atoms with Gasteiger partial charge in [-0.2, -0.15) is 0 Å². The number of nitrogens with one attached hydrogen (secondary N) is 1. The number of thiophene rings is 1. The molecule has 112 valence electrons. The predicted molar refractivity (Wildman–Crippen MR) is 85.4 cm³/mol. The van der Waals surface area contributed by atoms with Crippen LogP contribution in [0.15, 0.2) is 6.07 Å². The van der Waals surface area contributed by atoms with Crippen molar-refractivity contribution in [3.63, 3.8) is 0 Å². The first-order chi connectivity index (χ1) is 9.56. The van der Waals surface area contributed by atoms with Crippen LogP contribution in [-0.2, 0) is 4.74 Å². The van der Waals surface area contributed by atoms with Crippen LogP contribution in [-0.4, -0.2) is 18.8 Å². The number of rotatable bonds is 5. The van der Waals surface area contributed by atoms with Gasteiger partial charge in [0.1, 0.15) is 0 Å². The maximum atomic E-state index is 5.94. The molecule has 2 aliphatic carbocycles. The second-order valence-corrected chi connectivity index (χ2v) is 8.04. The lowest BCUT2D eigenvalue weighted by atomic mass is 9.51. The summed E-state index contributed by atoms with van der Waals surface area (Å²) in [5.41, 5.74) is 1.95. The standard InChI is InChI=1S/C17H27NOS/c1-5-19-16-10-15(17(16)7-6-8-17)18-12(3)14-9-11(2)20-13(14)4/h9,12,15-16,18H,5-8,10H2,1-4H3. The van der Waals surface area contributed by atoms with E-state index in [1.807, 2.05) is 11.3 Å². The minimum absolute atomic E-state index is 0.462. The minimum atomic E-state index is 0.462. The molecular formula is C17H27NOS. The summed E-state index contributed by atoms with van der Waals surface area (Å²) in [6.07, 6.45) is 5.79. The first-order valence-corrected chi connectivity index (χ1v) is 8.83. The Morgan fingerprint density at radius 3 is 2.70 bits per heavy atom. The van der Waals surface area contributed by atoms with E-state index in [0.717, 1.165) is 6.61 Å². The van der Waals surface area contributed by atoms with Gasteiger partial charge in [-0.05, 0) is 58.6 Å². The Balaban J connectivity index is 1.65. The van der Waals surface area contributed by atoms with Gasteiger partial charge in [-0.1, -0.05) is 6.42 Å². The normalized spacial score (nSPS) is 29.0. The third-order valence-electron chi connectivity index (χ3n) is 5.43. The van der Waals surface area contributed by atoms with Crippen molar-refractivity contribution < 1.29 is 4.74 Å². The smallest absolute Gasteiger partial charge is 0.0661 e. The van der Waals surface area contributed by atoms with Crippen molar-refractivity contribution in [3.8, 4) is 0 Å². The molecular weight excluding hydrogens is 266 g/mol. The fraction of sp³-hybridized carbons (Fsp3) is 0.765. The van der Waals surface area contributed by atoms with E-state index in [9.17, 15) is 0 Å². The van der Waals surface area contributed by atoms with E-state index in [-0.39, 0.29) is 0 Å². The summed E-state index contributed by atoms with van der Waals surface area (Å²) in [5.74, 6) is 0. The molecule has 2 aliphatic rings. The molecule has 0 aliphatic heterocycles. The van der Waals surface area contributed by atoms with Gasteiger partial charge in [0, 0.05) is 33.9 Å². The lowest BCUT2D eigenvalue weighted by molar-refractivity contribution is -0.174. The molecule has 0 radical (unpaired) electrons. The van der Waals surface area contributed by atoms with E-state index in [4.69, 9.17) is 4.74 Å². The summed E-state index contributed by atoms with van der Waals surface area (Å²) in [4.78, 5) is 2.89. The zero-order valence-corrected chi connectivity index (χ0v) is 14.0. The highest BCUT2D eigenvalue weighted by Gasteiger charge is 2.58. The lowest BCUT2D eigenvalue weighted by Gasteiger charge is -2.61. The summed E-state index contributed by atoms with van der Waals surface area (Å²) in [6, 6.07) is 3.47. The Kier molecular flexibility index (Phi) is 3.95. The Bertz CT molecular complexity index is 477. The molecule has 1 heterocycles. The van der Waals surface area contributed by atoms with Gasteiger partial charge in [0.05, 0.1) is 6.10 Å². The van der Waals surface area contributed by atoms with E-state index < -0.39 is 0 Å². The van der Waals surface area contributed by atoms with Crippen LogP contribution in [0, 0.1) is 19.3 Å². The molecule has 2 nitrogen and oxygen atoms in total. The summed E-state index contributed by atoms with van der Waals surface area (Å²) >= 11 is 1.91. The molecule has 3 rings (SSSR count). The molecule has 0 amide bonds. The van der Waals surface area contributed by atoms with E-state index in [2.05, 4.69) is 39.1 Å². The Labute approximate surface area is 126 Å². The van der Waals surface area contributed by atoms with Crippen molar-refractivity contribution in [1.29, 1.82) is 0 Å². The topological polar surface area (TPSA) is 21.3 Å². The SMILES string of the molecule is CCOC1CC(NC(C)c2cc(C)sc2C)C12CCC2. The van der Waals surface area contributed by atoms with Crippen LogP contribution in [0.3, 0.4) is 0 Å². The molecule has 2 saturated carbocycles. The maximum absolute atomic E-state index is 5.94. The van der Waals surface area contributed by atoms with Gasteiger partial charge in [-0.15, -0.1) is 11.3 Å². The quantitative estimate of drug-likeness (QED) is 0.870. The van der Waals surface area contributed by atoms with Gasteiger partial charge in [0.15, 0.2) is 0 Å². The van der Waals surface area contributed by atoms with Gasteiger partial charge >= 0.3 is 0 Å². The van der Waals surface area contributed by atoms with Gasteiger partial charge in [-0.3, -0.25) is 0 Å². The molecule has 1 aromatic heterocycles. The van der Waals surface area contributed by atoms with Crippen LogP contribution in [0.5, 0.6) is 0 Å². The van der Waals surface area contributed by atoms with Crippen LogP contribution in [0.2, 0.25) is 0 Å². The van der Waals surface area contributed by atoms with E-state index in [0.29, 0.717) is 23.6 Å². The summed E-state index contributed by atoms with van der Waals surface area (Å²) in [5, 5.41) is 3.89. The van der Waals surface area contributed by atoms with Crippen molar-refractivity contribution in [2.24, 2.45) is 5.41 Å². The Morgan fingerprint density at radius 1 is 1.45 bits per heavy atom. The molecule has 20 heavy (non-hydrogen) atoms. The third-order valence-corrected chi connectivity index (χ3v) is 6.42. The average molecular weight is 293 g/mol. The zero-order chi connectivity index (χ0) is 14.3. The number of hydrogen-bond acceptors (Lipinski definition) is 3. The second-order valence-electron chi connectivity index (χ2n) is 6.58. The first kappa shape index (κ1) is 14.6. The zero-order valence-electron chi connectivity index (χ0n) is 13.2. The highest BCUT2D eigenvalue weighted by Crippen LogP contribution is 2.57. The van der Waals surface area contributed by atoms with Crippen LogP contribution < -0.4 is 5.32 Å². The Morgan fingerprint density at radius 2 is 2.20 bits per heavy atom. The molecule has 0 aromatic carbocycles. The fourth-order valence-corrected chi connectivity index (χ4v) is 5.17. The maximum Gasteiger partial charge on any atom is 0.0661 e. The minimum Gasteiger partial charge on any atom is -0.378 e. The number of aryl methyl sites for hydroxylation is 2. The summed E-state index contributed by atoms with van der Waals surface area (Å²) in [7, 11) is 0. The fourth-order valence-electron chi connectivity index (χ4n) is 4.14. The molecule has 1 N–H and O–H groups in total. The van der Waals surface area contributed by atoms with E-state index in [1.54, 1.807) is 0 Å². The number of ether oxygens (including phenoxy) is 1.